The minimum atomic E-state index is -2.59. The Morgan fingerprint density at radius 1 is 1.04 bits per heavy atom. The lowest BCUT2D eigenvalue weighted by Gasteiger charge is -2.07. The smallest absolute Gasteiger partial charge is 0.227 e. The fraction of sp³-hybridized carbons (Fsp3) is 0.158. The van der Waals surface area contributed by atoms with Gasteiger partial charge in [-0.2, -0.15) is 5.10 Å². The van der Waals surface area contributed by atoms with Crippen molar-refractivity contribution < 1.29 is 8.78 Å². The molecule has 3 aromatic heterocycles. The number of aromatic nitrogens is 3. The molecule has 126 valence electrons. The first-order chi connectivity index (χ1) is 12.0. The van der Waals surface area contributed by atoms with E-state index >= 15 is 0 Å². The maximum absolute atomic E-state index is 13.7. The molecule has 4 rings (SSSR count). The SMILES string of the molecule is Cc1ccc(-c2cc(C(F)F)c3c(C)nn(-c4ccccc4)c3n2)s1. The van der Waals surface area contributed by atoms with E-state index in [9.17, 15) is 8.78 Å². The van der Waals surface area contributed by atoms with Crippen LogP contribution in [-0.2, 0) is 0 Å². The molecule has 0 aliphatic carbocycles. The fourth-order valence-electron chi connectivity index (χ4n) is 2.94. The van der Waals surface area contributed by atoms with E-state index in [2.05, 4.69) is 10.1 Å². The number of halogens is 2. The van der Waals surface area contributed by atoms with Crippen molar-refractivity contribution in [2.75, 3.05) is 0 Å². The minimum Gasteiger partial charge on any atom is -0.227 e. The highest BCUT2D eigenvalue weighted by Gasteiger charge is 2.21. The third-order valence-electron chi connectivity index (χ3n) is 4.07. The molecule has 3 nitrogen and oxygen atoms in total. The van der Waals surface area contributed by atoms with Crippen LogP contribution in [0.4, 0.5) is 8.78 Å². The van der Waals surface area contributed by atoms with Gasteiger partial charge in [-0.25, -0.2) is 18.4 Å². The quantitative estimate of drug-likeness (QED) is 0.472. The van der Waals surface area contributed by atoms with Crippen molar-refractivity contribution in [3.8, 4) is 16.3 Å². The summed E-state index contributed by atoms with van der Waals surface area (Å²) in [7, 11) is 0. The van der Waals surface area contributed by atoms with Crippen molar-refractivity contribution in [2.24, 2.45) is 0 Å². The van der Waals surface area contributed by atoms with E-state index in [-0.39, 0.29) is 5.56 Å². The first kappa shape index (κ1) is 15.9. The number of fused-ring (bicyclic) bond motifs is 1. The Kier molecular flexibility index (Phi) is 3.84. The Bertz CT molecular complexity index is 1050. The Hall–Kier alpha value is -2.60. The van der Waals surface area contributed by atoms with Gasteiger partial charge in [0.05, 0.1) is 27.3 Å². The van der Waals surface area contributed by atoms with E-state index in [0.717, 1.165) is 15.4 Å². The number of para-hydroxylation sites is 1. The molecule has 0 bridgehead atoms. The lowest BCUT2D eigenvalue weighted by molar-refractivity contribution is 0.153. The Balaban J connectivity index is 2.04. The summed E-state index contributed by atoms with van der Waals surface area (Å²) in [4.78, 5) is 6.67. The Morgan fingerprint density at radius 3 is 2.44 bits per heavy atom. The standard InChI is InChI=1S/C19H15F2N3S/c1-11-8-9-16(25-11)15-10-14(18(20)21)17-12(2)23-24(19(17)22-15)13-6-4-3-5-7-13/h3-10,18H,1-2H3. The van der Waals surface area contributed by atoms with Crippen molar-refractivity contribution in [1.29, 1.82) is 0 Å². The van der Waals surface area contributed by atoms with Crippen LogP contribution in [-0.4, -0.2) is 14.8 Å². The van der Waals surface area contributed by atoms with Crippen LogP contribution in [0.1, 0.15) is 22.6 Å². The van der Waals surface area contributed by atoms with Crippen LogP contribution in [0, 0.1) is 13.8 Å². The number of hydrogen-bond acceptors (Lipinski definition) is 3. The molecular weight excluding hydrogens is 340 g/mol. The molecule has 0 amide bonds. The summed E-state index contributed by atoms with van der Waals surface area (Å²) in [6, 6.07) is 14.8. The predicted molar refractivity (Wildman–Crippen MR) is 96.6 cm³/mol. The highest BCUT2D eigenvalue weighted by molar-refractivity contribution is 7.15. The summed E-state index contributed by atoms with van der Waals surface area (Å²) < 4.78 is 29.1. The van der Waals surface area contributed by atoms with Crippen molar-refractivity contribution in [2.45, 2.75) is 20.3 Å². The van der Waals surface area contributed by atoms with Crippen LogP contribution in [0.5, 0.6) is 0 Å². The Labute approximate surface area is 147 Å². The summed E-state index contributed by atoms with van der Waals surface area (Å²) in [5, 5.41) is 4.89. The molecule has 0 saturated heterocycles. The summed E-state index contributed by atoms with van der Waals surface area (Å²) in [5.74, 6) is 0. The molecule has 0 atom stereocenters. The summed E-state index contributed by atoms with van der Waals surface area (Å²) in [5.41, 5.74) is 2.34. The van der Waals surface area contributed by atoms with Gasteiger partial charge in [0.15, 0.2) is 5.65 Å². The number of hydrogen-bond donors (Lipinski definition) is 0. The van der Waals surface area contributed by atoms with E-state index in [4.69, 9.17) is 0 Å². The molecule has 3 heterocycles. The van der Waals surface area contributed by atoms with Gasteiger partial charge in [0.25, 0.3) is 6.43 Å². The van der Waals surface area contributed by atoms with Gasteiger partial charge in [0.1, 0.15) is 0 Å². The molecule has 0 fully saturated rings. The largest absolute Gasteiger partial charge is 0.264 e. The number of aryl methyl sites for hydroxylation is 2. The number of rotatable bonds is 3. The number of pyridine rings is 1. The third-order valence-corrected chi connectivity index (χ3v) is 5.10. The van der Waals surface area contributed by atoms with Crippen LogP contribution in [0.25, 0.3) is 27.3 Å². The normalized spacial score (nSPS) is 11.6. The van der Waals surface area contributed by atoms with Gasteiger partial charge in [-0.3, -0.25) is 0 Å². The highest BCUT2D eigenvalue weighted by Crippen LogP contribution is 2.35. The number of nitrogens with zero attached hydrogens (tertiary/aromatic N) is 3. The van der Waals surface area contributed by atoms with Gasteiger partial charge in [-0.05, 0) is 44.2 Å². The van der Waals surface area contributed by atoms with E-state index in [1.54, 1.807) is 22.9 Å². The van der Waals surface area contributed by atoms with Crippen LogP contribution in [0.15, 0.2) is 48.5 Å². The molecule has 0 aliphatic heterocycles. The zero-order valence-corrected chi connectivity index (χ0v) is 14.5. The second-order valence-electron chi connectivity index (χ2n) is 5.84. The fourth-order valence-corrected chi connectivity index (χ4v) is 3.77. The van der Waals surface area contributed by atoms with Gasteiger partial charge >= 0.3 is 0 Å². The van der Waals surface area contributed by atoms with Crippen molar-refractivity contribution in [3.05, 3.63) is 64.7 Å². The number of thiophene rings is 1. The van der Waals surface area contributed by atoms with Gasteiger partial charge in [0.2, 0.25) is 0 Å². The second-order valence-corrected chi connectivity index (χ2v) is 7.13. The molecule has 4 aromatic rings. The van der Waals surface area contributed by atoms with Crippen LogP contribution in [0.2, 0.25) is 0 Å². The molecule has 0 unspecified atom stereocenters. The molecular formula is C19H15F2N3S. The van der Waals surface area contributed by atoms with Crippen LogP contribution >= 0.6 is 11.3 Å². The minimum absolute atomic E-state index is 0.0225. The third kappa shape index (κ3) is 2.72. The average molecular weight is 355 g/mol. The molecule has 0 saturated carbocycles. The lowest BCUT2D eigenvalue weighted by Crippen LogP contribution is -1.99. The highest BCUT2D eigenvalue weighted by atomic mass is 32.1. The zero-order valence-electron chi connectivity index (χ0n) is 13.7. The summed E-state index contributed by atoms with van der Waals surface area (Å²) in [6.45, 7) is 3.73. The maximum atomic E-state index is 13.7. The maximum Gasteiger partial charge on any atom is 0.264 e. The average Bonchev–Trinajstić information content (AvgIpc) is 3.19. The van der Waals surface area contributed by atoms with Crippen molar-refractivity contribution >= 4 is 22.4 Å². The predicted octanol–water partition coefficient (Wildman–Crippen LogP) is 5.70. The van der Waals surface area contributed by atoms with Gasteiger partial charge < -0.3 is 0 Å². The van der Waals surface area contributed by atoms with E-state index in [1.165, 1.54) is 6.07 Å². The van der Waals surface area contributed by atoms with Crippen LogP contribution in [0.3, 0.4) is 0 Å². The molecule has 6 heteroatoms. The Morgan fingerprint density at radius 2 is 1.80 bits per heavy atom. The van der Waals surface area contributed by atoms with Gasteiger partial charge in [0, 0.05) is 10.4 Å². The molecule has 25 heavy (non-hydrogen) atoms. The van der Waals surface area contributed by atoms with Gasteiger partial charge in [-0.15, -0.1) is 11.3 Å². The van der Waals surface area contributed by atoms with Crippen LogP contribution < -0.4 is 0 Å². The summed E-state index contributed by atoms with van der Waals surface area (Å²) in [6.07, 6.45) is -2.59. The molecule has 0 spiro atoms. The first-order valence-corrected chi connectivity index (χ1v) is 8.67. The monoisotopic (exact) mass is 355 g/mol. The number of alkyl halides is 2. The molecule has 0 aliphatic rings. The molecule has 0 N–H and O–H groups in total. The van der Waals surface area contributed by atoms with Crippen molar-refractivity contribution in [3.63, 3.8) is 0 Å². The topological polar surface area (TPSA) is 30.7 Å². The zero-order chi connectivity index (χ0) is 17.6. The van der Waals surface area contributed by atoms with Crippen molar-refractivity contribution in [1.82, 2.24) is 14.8 Å². The van der Waals surface area contributed by atoms with E-state index in [1.807, 2.05) is 49.4 Å². The molecule has 1 aromatic carbocycles. The summed E-state index contributed by atoms with van der Waals surface area (Å²) >= 11 is 1.54. The second kappa shape index (κ2) is 6.04. The lowest BCUT2D eigenvalue weighted by atomic mass is 10.1. The van der Waals surface area contributed by atoms with Gasteiger partial charge in [-0.1, -0.05) is 18.2 Å². The van der Waals surface area contributed by atoms with E-state index < -0.39 is 6.43 Å². The molecule has 0 radical (unpaired) electrons. The van der Waals surface area contributed by atoms with E-state index in [0.29, 0.717) is 22.4 Å². The number of benzene rings is 1. The first-order valence-electron chi connectivity index (χ1n) is 7.85.